The van der Waals surface area contributed by atoms with E-state index in [2.05, 4.69) is 59.2 Å². The van der Waals surface area contributed by atoms with E-state index in [0.29, 0.717) is 13.1 Å². The number of hydrogen-bond donors (Lipinski definition) is 2. The van der Waals surface area contributed by atoms with E-state index in [-0.39, 0.29) is 18.0 Å². The number of pyridine rings is 1. The molecule has 0 radical (unpaired) electrons. The predicted octanol–water partition coefficient (Wildman–Crippen LogP) is 3.67. The molecule has 2 atom stereocenters. The maximum Gasteiger partial charge on any atom is 0.238 e. The molecule has 1 amide bonds. The highest BCUT2D eigenvalue weighted by Crippen LogP contribution is 2.37. The standard InChI is InChI=1S/C26H30BrClN6O/c1-17-29-8-11-33(17)10-2-7-31-26(35)23-16-34(12-9-30-23)25-22-6-5-21(28)14-18(22)3-4-19-13-20(27)15-32-24(19)25/h5-6,8,11,13-15,23,25,30H,2-4,7,9-10,12,16H2,1H3,(H,31,35)/t23-,25?/m1/s1. The summed E-state index contributed by atoms with van der Waals surface area (Å²) in [5.74, 6) is 1.04. The molecule has 0 spiro atoms. The largest absolute Gasteiger partial charge is 0.355 e. The van der Waals surface area contributed by atoms with Gasteiger partial charge in [0.1, 0.15) is 5.82 Å². The summed E-state index contributed by atoms with van der Waals surface area (Å²) in [6.07, 6.45) is 8.35. The second-order valence-corrected chi connectivity index (χ2v) is 10.6. The van der Waals surface area contributed by atoms with Crippen LogP contribution in [0.5, 0.6) is 0 Å². The Labute approximate surface area is 219 Å². The molecule has 1 aliphatic heterocycles. The average molecular weight is 558 g/mol. The van der Waals surface area contributed by atoms with Crippen LogP contribution < -0.4 is 10.6 Å². The van der Waals surface area contributed by atoms with Gasteiger partial charge in [0.05, 0.1) is 17.8 Å². The topological polar surface area (TPSA) is 75.1 Å². The number of carbonyl (C=O) groups excluding carboxylic acids is 1. The quantitative estimate of drug-likeness (QED) is 0.453. The van der Waals surface area contributed by atoms with E-state index in [1.807, 2.05) is 25.4 Å². The van der Waals surface area contributed by atoms with E-state index in [9.17, 15) is 4.79 Å². The molecule has 35 heavy (non-hydrogen) atoms. The van der Waals surface area contributed by atoms with E-state index < -0.39 is 0 Å². The van der Waals surface area contributed by atoms with Crippen LogP contribution in [0.2, 0.25) is 5.02 Å². The van der Waals surface area contributed by atoms with Gasteiger partial charge < -0.3 is 15.2 Å². The van der Waals surface area contributed by atoms with E-state index >= 15 is 0 Å². The molecule has 1 unspecified atom stereocenters. The molecule has 0 bridgehead atoms. The summed E-state index contributed by atoms with van der Waals surface area (Å²) < 4.78 is 3.09. The van der Waals surface area contributed by atoms with Crippen molar-refractivity contribution in [2.75, 3.05) is 26.2 Å². The zero-order valence-electron chi connectivity index (χ0n) is 19.8. The number of rotatable bonds is 6. The minimum absolute atomic E-state index is 0.00511. The van der Waals surface area contributed by atoms with Gasteiger partial charge in [-0.3, -0.25) is 14.7 Å². The third-order valence-electron chi connectivity index (χ3n) is 6.98. The molecule has 7 nitrogen and oxygen atoms in total. The number of carbonyl (C=O) groups is 1. The lowest BCUT2D eigenvalue weighted by atomic mass is 9.95. The van der Waals surface area contributed by atoms with Gasteiger partial charge in [0.2, 0.25) is 5.91 Å². The van der Waals surface area contributed by atoms with Crippen LogP contribution in [0.3, 0.4) is 0 Å². The lowest BCUT2D eigenvalue weighted by Gasteiger charge is -2.39. The van der Waals surface area contributed by atoms with E-state index in [4.69, 9.17) is 16.6 Å². The van der Waals surface area contributed by atoms with E-state index in [1.54, 1.807) is 6.20 Å². The second kappa shape index (κ2) is 10.8. The molecule has 184 valence electrons. The van der Waals surface area contributed by atoms with Crippen LogP contribution in [0.25, 0.3) is 0 Å². The lowest BCUT2D eigenvalue weighted by molar-refractivity contribution is -0.124. The van der Waals surface area contributed by atoms with Gasteiger partial charge in [-0.1, -0.05) is 17.7 Å². The van der Waals surface area contributed by atoms with Gasteiger partial charge in [-0.2, -0.15) is 0 Å². The van der Waals surface area contributed by atoms with Crippen molar-refractivity contribution in [2.24, 2.45) is 0 Å². The second-order valence-electron chi connectivity index (χ2n) is 9.26. The Kier molecular flexibility index (Phi) is 7.53. The number of piperazine rings is 1. The summed E-state index contributed by atoms with van der Waals surface area (Å²) in [7, 11) is 0. The van der Waals surface area contributed by atoms with Crippen molar-refractivity contribution in [2.45, 2.75) is 44.8 Å². The molecule has 1 aliphatic carbocycles. The molecule has 1 fully saturated rings. The summed E-state index contributed by atoms with van der Waals surface area (Å²) in [4.78, 5) is 24.6. The van der Waals surface area contributed by atoms with Crippen LogP contribution >= 0.6 is 27.5 Å². The van der Waals surface area contributed by atoms with Crippen molar-refractivity contribution in [3.05, 3.63) is 80.6 Å². The molecular formula is C26H30BrClN6O. The number of aryl methyl sites for hydroxylation is 4. The maximum atomic E-state index is 13.0. The smallest absolute Gasteiger partial charge is 0.238 e. The van der Waals surface area contributed by atoms with Crippen molar-refractivity contribution >= 4 is 33.4 Å². The first-order valence-corrected chi connectivity index (χ1v) is 13.3. The van der Waals surface area contributed by atoms with Crippen LogP contribution in [-0.4, -0.2) is 57.6 Å². The summed E-state index contributed by atoms with van der Waals surface area (Å²) in [5, 5.41) is 7.29. The number of amides is 1. The first kappa shape index (κ1) is 24.4. The summed E-state index contributed by atoms with van der Waals surface area (Å²) in [5.41, 5.74) is 4.81. The van der Waals surface area contributed by atoms with Crippen molar-refractivity contribution < 1.29 is 4.79 Å². The summed E-state index contributed by atoms with van der Waals surface area (Å²) >= 11 is 9.95. The monoisotopic (exact) mass is 556 g/mol. The fourth-order valence-electron chi connectivity index (χ4n) is 5.19. The molecule has 2 aromatic heterocycles. The van der Waals surface area contributed by atoms with Gasteiger partial charge in [-0.25, -0.2) is 4.98 Å². The van der Waals surface area contributed by atoms with Crippen LogP contribution in [0.15, 0.2) is 47.3 Å². The van der Waals surface area contributed by atoms with Crippen molar-refractivity contribution in [1.29, 1.82) is 0 Å². The van der Waals surface area contributed by atoms with Gasteiger partial charge in [-0.05, 0) is 77.0 Å². The highest BCUT2D eigenvalue weighted by Gasteiger charge is 2.35. The Morgan fingerprint density at radius 1 is 1.26 bits per heavy atom. The Bertz CT molecular complexity index is 1160. The third kappa shape index (κ3) is 5.45. The SMILES string of the molecule is Cc1nccn1CCCNC(=O)[C@H]1CN(C2c3ccc(Cl)cc3CCc3cc(Br)cnc32)CCN1. The lowest BCUT2D eigenvalue weighted by Crippen LogP contribution is -2.58. The number of halogens is 2. The first-order valence-electron chi connectivity index (χ1n) is 12.1. The van der Waals surface area contributed by atoms with Crippen molar-refractivity contribution in [3.8, 4) is 0 Å². The Balaban J connectivity index is 1.31. The van der Waals surface area contributed by atoms with Gasteiger partial charge in [0.15, 0.2) is 0 Å². The number of benzene rings is 1. The molecule has 0 saturated carbocycles. The Morgan fingerprint density at radius 2 is 2.11 bits per heavy atom. The number of nitrogens with zero attached hydrogens (tertiary/aromatic N) is 4. The molecule has 5 rings (SSSR count). The highest BCUT2D eigenvalue weighted by atomic mass is 79.9. The van der Waals surface area contributed by atoms with E-state index in [1.165, 1.54) is 16.7 Å². The third-order valence-corrected chi connectivity index (χ3v) is 7.65. The summed E-state index contributed by atoms with van der Waals surface area (Å²) in [6.45, 7) is 5.68. The minimum Gasteiger partial charge on any atom is -0.355 e. The molecule has 9 heteroatoms. The zero-order chi connectivity index (χ0) is 24.4. The zero-order valence-corrected chi connectivity index (χ0v) is 22.1. The molecular weight excluding hydrogens is 528 g/mol. The highest BCUT2D eigenvalue weighted by molar-refractivity contribution is 9.10. The molecule has 3 aromatic rings. The average Bonchev–Trinajstić information content (AvgIpc) is 3.19. The Morgan fingerprint density at radius 3 is 2.94 bits per heavy atom. The number of fused-ring (bicyclic) bond motifs is 2. The number of aromatic nitrogens is 3. The minimum atomic E-state index is -0.267. The molecule has 2 aliphatic rings. The normalized spacial score (nSPS) is 20.1. The predicted molar refractivity (Wildman–Crippen MR) is 141 cm³/mol. The van der Waals surface area contributed by atoms with Crippen LogP contribution in [0, 0.1) is 6.92 Å². The summed E-state index contributed by atoms with van der Waals surface area (Å²) in [6, 6.07) is 8.09. The van der Waals surface area contributed by atoms with E-state index in [0.717, 1.165) is 59.9 Å². The van der Waals surface area contributed by atoms with Gasteiger partial charge in [0.25, 0.3) is 0 Å². The fraction of sp³-hybridized carbons (Fsp3) is 0.423. The molecule has 1 saturated heterocycles. The van der Waals surface area contributed by atoms with Gasteiger partial charge >= 0.3 is 0 Å². The van der Waals surface area contributed by atoms with Crippen LogP contribution in [-0.2, 0) is 24.2 Å². The van der Waals surface area contributed by atoms with Crippen molar-refractivity contribution in [1.82, 2.24) is 30.1 Å². The fourth-order valence-corrected chi connectivity index (χ4v) is 5.76. The first-order chi connectivity index (χ1) is 17.0. The molecule has 2 N–H and O–H groups in total. The molecule has 3 heterocycles. The number of hydrogen-bond acceptors (Lipinski definition) is 5. The van der Waals surface area contributed by atoms with Crippen LogP contribution in [0.1, 0.15) is 40.7 Å². The van der Waals surface area contributed by atoms with Crippen molar-refractivity contribution in [3.63, 3.8) is 0 Å². The van der Waals surface area contributed by atoms with Gasteiger partial charge in [-0.15, -0.1) is 0 Å². The number of nitrogens with one attached hydrogen (secondary N) is 2. The Hall–Kier alpha value is -2.26. The van der Waals surface area contributed by atoms with Gasteiger partial charge in [0, 0.05) is 60.8 Å². The maximum absolute atomic E-state index is 13.0. The molecule has 1 aromatic carbocycles. The number of imidazole rings is 1. The van der Waals surface area contributed by atoms with Crippen LogP contribution in [0.4, 0.5) is 0 Å².